The SMILES string of the molecule is NCCCNS(=O)(=O)c1ccccc1N([O-])O. The summed E-state index contributed by atoms with van der Waals surface area (Å²) in [7, 11) is -3.82. The molecule has 0 bridgehead atoms. The third-order valence-electron chi connectivity index (χ3n) is 2.03. The van der Waals surface area contributed by atoms with Crippen molar-refractivity contribution in [3.05, 3.63) is 29.5 Å². The van der Waals surface area contributed by atoms with Crippen LogP contribution in [0.5, 0.6) is 0 Å². The first-order valence-electron chi connectivity index (χ1n) is 4.94. The molecule has 1 aromatic rings. The summed E-state index contributed by atoms with van der Waals surface area (Å²) in [5.74, 6) is 0. The molecule has 1 rings (SSSR count). The molecule has 0 aliphatic rings. The lowest BCUT2D eigenvalue weighted by Crippen LogP contribution is -2.27. The summed E-state index contributed by atoms with van der Waals surface area (Å²) in [5, 5.41) is 19.1. The van der Waals surface area contributed by atoms with E-state index >= 15 is 0 Å². The van der Waals surface area contributed by atoms with E-state index in [2.05, 4.69) is 4.72 Å². The summed E-state index contributed by atoms with van der Waals surface area (Å²) in [6.07, 6.45) is 0.488. The zero-order chi connectivity index (χ0) is 12.9. The number of sulfonamides is 1. The Bertz CT molecular complexity index is 461. The Morgan fingerprint density at radius 2 is 2.06 bits per heavy atom. The summed E-state index contributed by atoms with van der Waals surface area (Å²) < 4.78 is 25.9. The van der Waals surface area contributed by atoms with Crippen molar-refractivity contribution in [2.75, 3.05) is 18.3 Å². The molecule has 0 spiro atoms. The molecule has 0 unspecified atom stereocenters. The van der Waals surface area contributed by atoms with Gasteiger partial charge in [0.15, 0.2) is 0 Å². The van der Waals surface area contributed by atoms with Crippen LogP contribution in [0, 0.1) is 5.21 Å². The lowest BCUT2D eigenvalue weighted by molar-refractivity contribution is 0.294. The second kappa shape index (κ2) is 5.94. The van der Waals surface area contributed by atoms with Gasteiger partial charge < -0.3 is 16.2 Å². The van der Waals surface area contributed by atoms with Gasteiger partial charge in [0.1, 0.15) is 4.90 Å². The zero-order valence-electron chi connectivity index (χ0n) is 9.04. The summed E-state index contributed by atoms with van der Waals surface area (Å²) in [6, 6.07) is 5.37. The third kappa shape index (κ3) is 3.65. The Balaban J connectivity index is 2.98. The van der Waals surface area contributed by atoms with E-state index in [-0.39, 0.29) is 17.1 Å². The molecule has 0 fully saturated rings. The number of nitrogens with two attached hydrogens (primary N) is 1. The van der Waals surface area contributed by atoms with Crippen LogP contribution in [-0.2, 0) is 10.0 Å². The monoisotopic (exact) mass is 260 g/mol. The molecule has 0 heterocycles. The Labute approximate surface area is 99.4 Å². The van der Waals surface area contributed by atoms with Crippen molar-refractivity contribution in [1.29, 1.82) is 0 Å². The molecule has 96 valence electrons. The van der Waals surface area contributed by atoms with E-state index in [0.29, 0.717) is 13.0 Å². The van der Waals surface area contributed by atoms with Gasteiger partial charge in [-0.15, -0.1) is 0 Å². The van der Waals surface area contributed by atoms with Crippen LogP contribution in [0.2, 0.25) is 0 Å². The third-order valence-corrected chi connectivity index (χ3v) is 3.54. The van der Waals surface area contributed by atoms with Crippen LogP contribution < -0.4 is 15.7 Å². The molecule has 0 amide bonds. The molecule has 0 aliphatic carbocycles. The number of hydrogen-bond acceptors (Lipinski definition) is 6. The second-order valence-corrected chi connectivity index (χ2v) is 5.02. The largest absolute Gasteiger partial charge is 0.733 e. The smallest absolute Gasteiger partial charge is 0.242 e. The topological polar surface area (TPSA) is 119 Å². The van der Waals surface area contributed by atoms with E-state index in [4.69, 9.17) is 10.9 Å². The van der Waals surface area contributed by atoms with Gasteiger partial charge in [0, 0.05) is 6.54 Å². The van der Waals surface area contributed by atoms with Gasteiger partial charge in [-0.05, 0) is 25.1 Å². The fourth-order valence-corrected chi connectivity index (χ4v) is 2.48. The van der Waals surface area contributed by atoms with E-state index in [1.54, 1.807) is 0 Å². The fraction of sp³-hybridized carbons (Fsp3) is 0.333. The van der Waals surface area contributed by atoms with Crippen LogP contribution in [-0.4, -0.2) is 26.7 Å². The summed E-state index contributed by atoms with van der Waals surface area (Å²) >= 11 is 0. The number of anilines is 1. The van der Waals surface area contributed by atoms with Gasteiger partial charge in [0.2, 0.25) is 10.0 Å². The van der Waals surface area contributed by atoms with E-state index in [1.165, 1.54) is 24.3 Å². The highest BCUT2D eigenvalue weighted by molar-refractivity contribution is 7.89. The molecule has 0 atom stereocenters. The van der Waals surface area contributed by atoms with E-state index in [0.717, 1.165) is 0 Å². The van der Waals surface area contributed by atoms with Crippen LogP contribution in [0.4, 0.5) is 5.69 Å². The van der Waals surface area contributed by atoms with Gasteiger partial charge in [-0.1, -0.05) is 12.1 Å². The molecule has 1 aromatic carbocycles. The van der Waals surface area contributed by atoms with E-state index in [1.807, 2.05) is 0 Å². The predicted octanol–water partition coefficient (Wildman–Crippen LogP) is 0.00710. The minimum absolute atomic E-state index is 0.178. The number of nitrogens with one attached hydrogen (secondary N) is 1. The maximum Gasteiger partial charge on any atom is 0.242 e. The number of para-hydroxylation sites is 1. The summed E-state index contributed by atoms with van der Waals surface area (Å²) in [5.41, 5.74) is 4.92. The molecular formula is C9H14N3O4S-. The van der Waals surface area contributed by atoms with Crippen molar-refractivity contribution >= 4 is 15.7 Å². The van der Waals surface area contributed by atoms with E-state index < -0.39 is 15.2 Å². The lowest BCUT2D eigenvalue weighted by atomic mass is 10.3. The maximum atomic E-state index is 11.8. The number of nitrogens with zero attached hydrogens (tertiary/aromatic N) is 1. The maximum absolute atomic E-state index is 11.8. The molecule has 7 nitrogen and oxygen atoms in total. The Morgan fingerprint density at radius 3 is 2.65 bits per heavy atom. The van der Waals surface area contributed by atoms with Gasteiger partial charge in [0.25, 0.3) is 0 Å². The number of benzene rings is 1. The Hall–Kier alpha value is -1.19. The minimum Gasteiger partial charge on any atom is -0.733 e. The Kier molecular flexibility index (Phi) is 4.85. The highest BCUT2D eigenvalue weighted by Gasteiger charge is 2.17. The van der Waals surface area contributed by atoms with Crippen molar-refractivity contribution < 1.29 is 13.6 Å². The van der Waals surface area contributed by atoms with Gasteiger partial charge in [0.05, 0.1) is 5.69 Å². The van der Waals surface area contributed by atoms with Crippen molar-refractivity contribution in [2.45, 2.75) is 11.3 Å². The lowest BCUT2D eigenvalue weighted by Gasteiger charge is -2.24. The minimum atomic E-state index is -3.82. The highest BCUT2D eigenvalue weighted by atomic mass is 32.2. The van der Waals surface area contributed by atoms with Gasteiger partial charge >= 0.3 is 0 Å². The van der Waals surface area contributed by atoms with Crippen LogP contribution in [0.1, 0.15) is 6.42 Å². The number of rotatable bonds is 6. The zero-order valence-corrected chi connectivity index (χ0v) is 9.85. The molecule has 17 heavy (non-hydrogen) atoms. The average molecular weight is 260 g/mol. The molecule has 0 radical (unpaired) electrons. The van der Waals surface area contributed by atoms with Gasteiger partial charge in [-0.2, -0.15) is 0 Å². The normalized spacial score (nSPS) is 11.5. The molecule has 0 aromatic heterocycles. The predicted molar refractivity (Wildman–Crippen MR) is 62.9 cm³/mol. The van der Waals surface area contributed by atoms with Crippen molar-refractivity contribution in [3.63, 3.8) is 0 Å². The quantitative estimate of drug-likeness (QED) is 0.489. The van der Waals surface area contributed by atoms with Crippen molar-refractivity contribution in [3.8, 4) is 0 Å². The molecule has 8 heteroatoms. The summed E-state index contributed by atoms with van der Waals surface area (Å²) in [6.45, 7) is 0.537. The van der Waals surface area contributed by atoms with Crippen LogP contribution in [0.3, 0.4) is 0 Å². The molecule has 4 N–H and O–H groups in total. The van der Waals surface area contributed by atoms with Gasteiger partial charge in [-0.3, -0.25) is 5.21 Å². The first kappa shape index (κ1) is 13.9. The van der Waals surface area contributed by atoms with E-state index in [9.17, 15) is 13.6 Å². The molecule has 0 saturated carbocycles. The molecule has 0 aliphatic heterocycles. The first-order chi connectivity index (χ1) is 7.99. The van der Waals surface area contributed by atoms with Crippen molar-refractivity contribution in [1.82, 2.24) is 4.72 Å². The van der Waals surface area contributed by atoms with Gasteiger partial charge in [-0.25, -0.2) is 13.1 Å². The highest BCUT2D eigenvalue weighted by Crippen LogP contribution is 2.22. The summed E-state index contributed by atoms with van der Waals surface area (Å²) in [4.78, 5) is -0.269. The standard InChI is InChI=1S/C9H14N3O4S/c10-6-3-7-11-17(15,16)9-5-2-1-4-8(9)12(13)14/h1-2,4-5,11,13H,3,6-7,10H2/q-1. The fourth-order valence-electron chi connectivity index (χ4n) is 1.23. The second-order valence-electron chi connectivity index (χ2n) is 3.28. The van der Waals surface area contributed by atoms with Crippen LogP contribution >= 0.6 is 0 Å². The number of hydrogen-bond donors (Lipinski definition) is 3. The van der Waals surface area contributed by atoms with Crippen molar-refractivity contribution in [2.24, 2.45) is 5.73 Å². The Morgan fingerprint density at radius 1 is 1.41 bits per heavy atom. The van der Waals surface area contributed by atoms with Crippen LogP contribution in [0.25, 0.3) is 0 Å². The molecule has 0 saturated heterocycles. The van der Waals surface area contributed by atoms with Crippen LogP contribution in [0.15, 0.2) is 29.2 Å². The first-order valence-corrected chi connectivity index (χ1v) is 6.42. The molecular weight excluding hydrogens is 246 g/mol. The average Bonchev–Trinajstić information content (AvgIpc) is 2.29.